The van der Waals surface area contributed by atoms with Crippen LogP contribution in [0.1, 0.15) is 219 Å². The third-order valence-corrected chi connectivity index (χ3v) is 11.1. The summed E-state index contributed by atoms with van der Waals surface area (Å²) in [7, 11) is 0. The van der Waals surface area contributed by atoms with Crippen molar-refractivity contribution in [1.29, 1.82) is 0 Å². The van der Waals surface area contributed by atoms with Crippen molar-refractivity contribution in [1.82, 2.24) is 0 Å². The van der Waals surface area contributed by atoms with Crippen LogP contribution in [-0.2, 0) is 19.1 Å². The second kappa shape index (κ2) is 57.1. The molecule has 0 spiro atoms. The molecule has 0 radical (unpaired) electrons. The van der Waals surface area contributed by atoms with Crippen LogP contribution in [0.4, 0.5) is 0 Å². The Morgan fingerprint density at radius 2 is 0.588 bits per heavy atom. The van der Waals surface area contributed by atoms with E-state index in [2.05, 4.69) is 160 Å². The van der Waals surface area contributed by atoms with Crippen molar-refractivity contribution in [3.05, 3.63) is 146 Å². The Kier molecular flexibility index (Phi) is 53.6. The van der Waals surface area contributed by atoms with Gasteiger partial charge in [0.25, 0.3) is 0 Å². The number of aliphatic hydroxyl groups excluding tert-OH is 1. The SMILES string of the molecule is CC/C=C\C/C=C\C/C=C\C/C=C\C/C=C\C/C=C\C/C=C\C/C=C\CCCCCCCCCCCCCCC(=O)OC(CO)COC(=O)CCCCCC/C=C\C/C=C\C/C=C\C/C=C\CC. The molecule has 0 fully saturated rings. The number of hydrogen-bond donors (Lipinski definition) is 1. The standard InChI is InChI=1S/C63H100O5/c1-3-5-7-9-11-13-15-17-19-21-22-23-24-25-26-27-28-29-30-31-32-33-34-35-36-37-38-39-40-42-44-46-48-50-52-54-56-58-63(66)68-61(59-64)60-67-62(65)57-55-53-51-49-47-45-43-41-20-18-16-14-12-10-8-6-4-2/h5-8,11-14,17-20,22-23,25-26,28-29,31-32,34-35,43,45,61,64H,3-4,9-10,15-16,21,24,27,30,33,36-42,44,46-60H2,1-2H3/b7-5-,8-6-,13-11-,14-12-,19-17-,20-18-,23-22-,26-25-,29-28-,32-31-,35-34-,45-43-. The summed E-state index contributed by atoms with van der Waals surface area (Å²) in [4.78, 5) is 24.5. The lowest BCUT2D eigenvalue weighted by Gasteiger charge is -2.15. The van der Waals surface area contributed by atoms with Gasteiger partial charge < -0.3 is 14.6 Å². The Hall–Kier alpha value is -4.22. The fourth-order valence-corrected chi connectivity index (χ4v) is 7.09. The molecule has 5 heteroatoms. The lowest BCUT2D eigenvalue weighted by molar-refractivity contribution is -0.161. The van der Waals surface area contributed by atoms with Crippen LogP contribution in [0.15, 0.2) is 146 Å². The Balaban J connectivity index is 3.58. The molecule has 0 aliphatic carbocycles. The van der Waals surface area contributed by atoms with Crippen LogP contribution in [0.5, 0.6) is 0 Å². The largest absolute Gasteiger partial charge is 0.462 e. The Morgan fingerprint density at radius 3 is 0.882 bits per heavy atom. The summed E-state index contributed by atoms with van der Waals surface area (Å²) in [6.45, 7) is 3.88. The number of ether oxygens (including phenoxy) is 2. The number of hydrogen-bond acceptors (Lipinski definition) is 5. The molecule has 0 rings (SSSR count). The summed E-state index contributed by atoms with van der Waals surface area (Å²) < 4.78 is 10.7. The van der Waals surface area contributed by atoms with Crippen molar-refractivity contribution in [2.24, 2.45) is 0 Å². The summed E-state index contributed by atoms with van der Waals surface area (Å²) >= 11 is 0. The summed E-state index contributed by atoms with van der Waals surface area (Å²) in [5.41, 5.74) is 0. The van der Waals surface area contributed by atoms with Gasteiger partial charge in [-0.05, 0) is 116 Å². The molecule has 0 saturated carbocycles. The van der Waals surface area contributed by atoms with Crippen molar-refractivity contribution in [2.45, 2.75) is 225 Å². The molecule has 68 heavy (non-hydrogen) atoms. The molecule has 0 amide bonds. The fraction of sp³-hybridized carbons (Fsp3) is 0.587. The average Bonchev–Trinajstić information content (AvgIpc) is 3.34. The lowest BCUT2D eigenvalue weighted by atomic mass is 10.0. The predicted octanol–water partition coefficient (Wildman–Crippen LogP) is 18.6. The van der Waals surface area contributed by atoms with Gasteiger partial charge in [0, 0.05) is 12.8 Å². The smallest absolute Gasteiger partial charge is 0.306 e. The van der Waals surface area contributed by atoms with E-state index in [-0.39, 0.29) is 25.2 Å². The first-order valence-corrected chi connectivity index (χ1v) is 27.4. The quantitative estimate of drug-likeness (QED) is 0.0374. The van der Waals surface area contributed by atoms with E-state index < -0.39 is 6.10 Å². The van der Waals surface area contributed by atoms with Crippen LogP contribution in [0.25, 0.3) is 0 Å². The summed E-state index contributed by atoms with van der Waals surface area (Å²) in [5, 5.41) is 9.63. The van der Waals surface area contributed by atoms with Crippen molar-refractivity contribution in [2.75, 3.05) is 13.2 Å². The van der Waals surface area contributed by atoms with Gasteiger partial charge in [0.05, 0.1) is 6.61 Å². The van der Waals surface area contributed by atoms with Crippen LogP contribution >= 0.6 is 0 Å². The van der Waals surface area contributed by atoms with E-state index in [1.165, 1.54) is 64.2 Å². The lowest BCUT2D eigenvalue weighted by Crippen LogP contribution is -2.28. The molecule has 0 aliphatic rings. The van der Waals surface area contributed by atoms with Gasteiger partial charge in [-0.25, -0.2) is 0 Å². The minimum atomic E-state index is -0.794. The molecule has 382 valence electrons. The maximum Gasteiger partial charge on any atom is 0.306 e. The molecule has 0 aliphatic heterocycles. The van der Waals surface area contributed by atoms with Crippen molar-refractivity contribution < 1.29 is 24.2 Å². The van der Waals surface area contributed by atoms with Crippen LogP contribution in [-0.4, -0.2) is 36.4 Å². The van der Waals surface area contributed by atoms with E-state index >= 15 is 0 Å². The van der Waals surface area contributed by atoms with Gasteiger partial charge in [-0.1, -0.05) is 237 Å². The van der Waals surface area contributed by atoms with E-state index in [1.807, 2.05) is 0 Å². The van der Waals surface area contributed by atoms with Crippen molar-refractivity contribution in [3.63, 3.8) is 0 Å². The van der Waals surface area contributed by atoms with Gasteiger partial charge in [-0.2, -0.15) is 0 Å². The molecule has 0 bridgehead atoms. The molecule has 5 nitrogen and oxygen atoms in total. The molecule has 1 atom stereocenters. The predicted molar refractivity (Wildman–Crippen MR) is 297 cm³/mol. The summed E-state index contributed by atoms with van der Waals surface area (Å²) in [5.74, 6) is -0.629. The van der Waals surface area contributed by atoms with E-state index in [0.29, 0.717) is 12.8 Å². The topological polar surface area (TPSA) is 72.8 Å². The zero-order valence-electron chi connectivity index (χ0n) is 43.6. The maximum atomic E-state index is 12.3. The van der Waals surface area contributed by atoms with Gasteiger partial charge in [0.15, 0.2) is 6.10 Å². The monoisotopic (exact) mass is 937 g/mol. The fourth-order valence-electron chi connectivity index (χ4n) is 7.09. The second-order valence-electron chi connectivity index (χ2n) is 17.5. The zero-order valence-corrected chi connectivity index (χ0v) is 43.6. The highest BCUT2D eigenvalue weighted by atomic mass is 16.6. The number of aliphatic hydroxyl groups is 1. The first-order valence-electron chi connectivity index (χ1n) is 27.4. The first kappa shape index (κ1) is 63.8. The molecular weight excluding hydrogens is 837 g/mol. The van der Waals surface area contributed by atoms with Gasteiger partial charge >= 0.3 is 11.9 Å². The zero-order chi connectivity index (χ0) is 49.2. The van der Waals surface area contributed by atoms with Crippen molar-refractivity contribution in [3.8, 4) is 0 Å². The van der Waals surface area contributed by atoms with E-state index in [9.17, 15) is 14.7 Å². The summed E-state index contributed by atoms with van der Waals surface area (Å²) in [6.07, 6.45) is 86.7. The molecule has 1 unspecified atom stereocenters. The van der Waals surface area contributed by atoms with Gasteiger partial charge in [-0.3, -0.25) is 9.59 Å². The third kappa shape index (κ3) is 54.4. The highest BCUT2D eigenvalue weighted by Crippen LogP contribution is 2.14. The van der Waals surface area contributed by atoms with Gasteiger partial charge in [0.1, 0.15) is 6.61 Å². The number of carbonyl (C=O) groups excluding carboxylic acids is 2. The Labute approximate surface area is 418 Å². The van der Waals surface area contributed by atoms with E-state index in [0.717, 1.165) is 128 Å². The van der Waals surface area contributed by atoms with E-state index in [4.69, 9.17) is 9.47 Å². The third-order valence-electron chi connectivity index (χ3n) is 11.1. The Morgan fingerprint density at radius 1 is 0.338 bits per heavy atom. The average molecular weight is 937 g/mol. The van der Waals surface area contributed by atoms with Crippen LogP contribution in [0.3, 0.4) is 0 Å². The van der Waals surface area contributed by atoms with Gasteiger partial charge in [-0.15, -0.1) is 0 Å². The highest BCUT2D eigenvalue weighted by molar-refractivity contribution is 5.70. The van der Waals surface area contributed by atoms with Crippen LogP contribution in [0, 0.1) is 0 Å². The van der Waals surface area contributed by atoms with Gasteiger partial charge in [0.2, 0.25) is 0 Å². The number of carbonyl (C=O) groups is 2. The molecule has 0 aromatic carbocycles. The number of allylic oxidation sites excluding steroid dienone is 24. The summed E-state index contributed by atoms with van der Waals surface area (Å²) in [6, 6.07) is 0. The molecule has 1 N–H and O–H groups in total. The van der Waals surface area contributed by atoms with E-state index in [1.54, 1.807) is 0 Å². The molecule has 0 aromatic heterocycles. The normalized spacial score (nSPS) is 13.4. The minimum Gasteiger partial charge on any atom is -0.462 e. The molecular formula is C63H100O5. The van der Waals surface area contributed by atoms with Crippen LogP contribution in [0.2, 0.25) is 0 Å². The minimum absolute atomic E-state index is 0.0873. The van der Waals surface area contributed by atoms with Crippen molar-refractivity contribution >= 4 is 11.9 Å². The maximum absolute atomic E-state index is 12.3. The number of esters is 2. The highest BCUT2D eigenvalue weighted by Gasteiger charge is 2.16. The molecule has 0 heterocycles. The van der Waals surface area contributed by atoms with Crippen LogP contribution < -0.4 is 0 Å². The Bertz CT molecular complexity index is 1480. The second-order valence-corrected chi connectivity index (χ2v) is 17.5. The first-order chi connectivity index (χ1) is 33.6. The molecule has 0 aromatic rings. The molecule has 0 saturated heterocycles. The number of unbranched alkanes of at least 4 members (excludes halogenated alkanes) is 16. The number of rotatable bonds is 48.